The van der Waals surface area contributed by atoms with Crippen molar-refractivity contribution in [3.8, 4) is 0 Å². The van der Waals surface area contributed by atoms with Crippen molar-refractivity contribution in [1.29, 1.82) is 0 Å². The molecule has 0 bridgehead atoms. The summed E-state index contributed by atoms with van der Waals surface area (Å²) in [6.07, 6.45) is 0. The zero-order chi connectivity index (χ0) is 13.1. The molecule has 1 N–H and O–H groups in total. The highest BCUT2D eigenvalue weighted by molar-refractivity contribution is 7.18. The molecule has 5 heteroatoms. The van der Waals surface area contributed by atoms with Crippen LogP contribution in [0.5, 0.6) is 0 Å². The molecule has 96 valence electrons. The highest BCUT2D eigenvalue weighted by Crippen LogP contribution is 2.22. The summed E-state index contributed by atoms with van der Waals surface area (Å²) < 4.78 is 1.17. The van der Waals surface area contributed by atoms with Crippen LogP contribution in [0.25, 0.3) is 10.2 Å². The fourth-order valence-corrected chi connectivity index (χ4v) is 2.88. The van der Waals surface area contributed by atoms with E-state index in [4.69, 9.17) is 5.11 Å². The van der Waals surface area contributed by atoms with Crippen LogP contribution in [0.1, 0.15) is 11.9 Å². The average Bonchev–Trinajstić information content (AvgIpc) is 2.70. The van der Waals surface area contributed by atoms with Gasteiger partial charge >= 0.3 is 5.97 Å². The molecule has 0 fully saturated rings. The van der Waals surface area contributed by atoms with E-state index in [9.17, 15) is 4.79 Å². The molecule has 0 aliphatic rings. The van der Waals surface area contributed by atoms with Gasteiger partial charge in [0.2, 0.25) is 0 Å². The molecule has 18 heavy (non-hydrogen) atoms. The Morgan fingerprint density at radius 1 is 1.50 bits per heavy atom. The third kappa shape index (κ3) is 3.05. The minimum absolute atomic E-state index is 0.357. The first-order valence-corrected chi connectivity index (χ1v) is 6.63. The second-order valence-electron chi connectivity index (χ2n) is 4.51. The summed E-state index contributed by atoms with van der Waals surface area (Å²) in [4.78, 5) is 17.3. The van der Waals surface area contributed by atoms with Gasteiger partial charge in [0.15, 0.2) is 0 Å². The zero-order valence-corrected chi connectivity index (χ0v) is 11.3. The molecule has 0 radical (unpaired) electrons. The van der Waals surface area contributed by atoms with Gasteiger partial charge in [0.1, 0.15) is 5.01 Å². The molecule has 1 aromatic heterocycles. The van der Waals surface area contributed by atoms with E-state index >= 15 is 0 Å². The van der Waals surface area contributed by atoms with Crippen LogP contribution in [0.2, 0.25) is 0 Å². The summed E-state index contributed by atoms with van der Waals surface area (Å²) in [5.74, 6) is -1.12. The Labute approximate surface area is 110 Å². The minimum Gasteiger partial charge on any atom is -0.481 e. The first-order valence-electron chi connectivity index (χ1n) is 5.82. The number of carboxylic acids is 1. The van der Waals surface area contributed by atoms with Crippen LogP contribution in [-0.4, -0.2) is 34.6 Å². The second-order valence-corrected chi connectivity index (χ2v) is 5.63. The summed E-state index contributed by atoms with van der Waals surface area (Å²) in [7, 11) is 1.92. The third-order valence-electron chi connectivity index (χ3n) is 2.75. The van der Waals surface area contributed by atoms with E-state index in [0.717, 1.165) is 10.5 Å². The van der Waals surface area contributed by atoms with Crippen molar-refractivity contribution < 1.29 is 9.90 Å². The lowest BCUT2D eigenvalue weighted by Crippen LogP contribution is -2.28. The lowest BCUT2D eigenvalue weighted by atomic mass is 10.2. The van der Waals surface area contributed by atoms with E-state index in [-0.39, 0.29) is 5.92 Å². The summed E-state index contributed by atoms with van der Waals surface area (Å²) in [5.41, 5.74) is 1.01. The molecule has 0 aliphatic heterocycles. The first-order chi connectivity index (χ1) is 8.56. The zero-order valence-electron chi connectivity index (χ0n) is 10.5. The molecule has 0 spiro atoms. The highest BCUT2D eigenvalue weighted by Gasteiger charge is 2.14. The second kappa shape index (κ2) is 5.46. The Morgan fingerprint density at radius 2 is 2.22 bits per heavy atom. The largest absolute Gasteiger partial charge is 0.481 e. The Morgan fingerprint density at radius 3 is 2.89 bits per heavy atom. The molecule has 0 saturated heterocycles. The smallest absolute Gasteiger partial charge is 0.307 e. The Kier molecular flexibility index (Phi) is 3.93. The van der Waals surface area contributed by atoms with Crippen molar-refractivity contribution in [3.63, 3.8) is 0 Å². The van der Waals surface area contributed by atoms with E-state index in [1.165, 1.54) is 4.70 Å². The SMILES string of the molecule is CC(CN(C)Cc1nc2ccccc2s1)C(=O)O. The van der Waals surface area contributed by atoms with Crippen molar-refractivity contribution in [2.24, 2.45) is 5.92 Å². The highest BCUT2D eigenvalue weighted by atomic mass is 32.1. The number of hydrogen-bond acceptors (Lipinski definition) is 4. The number of aromatic nitrogens is 1. The van der Waals surface area contributed by atoms with Crippen molar-refractivity contribution in [2.45, 2.75) is 13.5 Å². The van der Waals surface area contributed by atoms with Gasteiger partial charge in [-0.25, -0.2) is 4.98 Å². The number of benzene rings is 1. The van der Waals surface area contributed by atoms with E-state index in [0.29, 0.717) is 13.1 Å². The van der Waals surface area contributed by atoms with Crippen LogP contribution >= 0.6 is 11.3 Å². The maximum atomic E-state index is 10.8. The third-order valence-corrected chi connectivity index (χ3v) is 3.77. The van der Waals surface area contributed by atoms with Crippen molar-refractivity contribution in [2.75, 3.05) is 13.6 Å². The van der Waals surface area contributed by atoms with Crippen LogP contribution in [0.15, 0.2) is 24.3 Å². The summed E-state index contributed by atoms with van der Waals surface area (Å²) in [6, 6.07) is 8.02. The van der Waals surface area contributed by atoms with Crippen LogP contribution < -0.4 is 0 Å². The minimum atomic E-state index is -0.758. The quantitative estimate of drug-likeness (QED) is 0.901. The van der Waals surface area contributed by atoms with Crippen molar-refractivity contribution >= 4 is 27.5 Å². The van der Waals surface area contributed by atoms with Gasteiger partial charge in [-0.3, -0.25) is 9.69 Å². The first kappa shape index (κ1) is 13.0. The van der Waals surface area contributed by atoms with Crippen LogP contribution in [0, 0.1) is 5.92 Å². The van der Waals surface area contributed by atoms with E-state index in [1.54, 1.807) is 18.3 Å². The molecule has 2 aromatic rings. The van der Waals surface area contributed by atoms with Gasteiger partial charge < -0.3 is 5.11 Å². The topological polar surface area (TPSA) is 53.4 Å². The number of carbonyl (C=O) groups is 1. The van der Waals surface area contributed by atoms with E-state index in [2.05, 4.69) is 11.1 Å². The summed E-state index contributed by atoms with van der Waals surface area (Å²) in [6.45, 7) is 2.94. The van der Waals surface area contributed by atoms with Gasteiger partial charge in [-0.05, 0) is 19.2 Å². The number of carboxylic acid groups (broad SMARTS) is 1. The van der Waals surface area contributed by atoms with Crippen LogP contribution in [-0.2, 0) is 11.3 Å². The molecule has 0 saturated carbocycles. The molecule has 1 heterocycles. The van der Waals surface area contributed by atoms with E-state index in [1.807, 2.05) is 30.1 Å². The number of thiazole rings is 1. The molecule has 1 unspecified atom stereocenters. The molecule has 1 aromatic carbocycles. The van der Waals surface area contributed by atoms with Crippen molar-refractivity contribution in [3.05, 3.63) is 29.3 Å². The molecule has 1 atom stereocenters. The Hall–Kier alpha value is -1.46. The van der Waals surface area contributed by atoms with Gasteiger partial charge in [-0.15, -0.1) is 11.3 Å². The Balaban J connectivity index is 2.02. The molecule has 0 amide bonds. The van der Waals surface area contributed by atoms with Gasteiger partial charge in [0.05, 0.1) is 22.7 Å². The van der Waals surface area contributed by atoms with Crippen molar-refractivity contribution in [1.82, 2.24) is 9.88 Å². The fourth-order valence-electron chi connectivity index (χ4n) is 1.83. The van der Waals surface area contributed by atoms with Gasteiger partial charge in [0.25, 0.3) is 0 Å². The number of aliphatic carboxylic acids is 1. The normalized spacial score (nSPS) is 13.1. The molecular formula is C13H16N2O2S. The Bertz CT molecular complexity index is 520. The lowest BCUT2D eigenvalue weighted by molar-refractivity contribution is -0.141. The maximum Gasteiger partial charge on any atom is 0.307 e. The average molecular weight is 264 g/mol. The monoisotopic (exact) mass is 264 g/mol. The lowest BCUT2D eigenvalue weighted by Gasteiger charge is -2.17. The fraction of sp³-hybridized carbons (Fsp3) is 0.385. The summed E-state index contributed by atoms with van der Waals surface area (Å²) >= 11 is 1.66. The number of hydrogen-bond donors (Lipinski definition) is 1. The molecule has 0 aliphatic carbocycles. The van der Waals surface area contributed by atoms with Gasteiger partial charge in [-0.2, -0.15) is 0 Å². The number of para-hydroxylation sites is 1. The molecule has 4 nitrogen and oxygen atoms in total. The maximum absolute atomic E-state index is 10.8. The number of rotatable bonds is 5. The molecular weight excluding hydrogens is 248 g/mol. The predicted octanol–water partition coefficient (Wildman–Crippen LogP) is 2.45. The number of fused-ring (bicyclic) bond motifs is 1. The standard InChI is InChI=1S/C13H16N2O2S/c1-9(13(16)17)7-15(2)8-12-14-10-5-3-4-6-11(10)18-12/h3-6,9H,7-8H2,1-2H3,(H,16,17). The predicted molar refractivity (Wildman–Crippen MR) is 72.8 cm³/mol. The van der Waals surface area contributed by atoms with Crippen LogP contribution in [0.3, 0.4) is 0 Å². The molecule has 2 rings (SSSR count). The van der Waals surface area contributed by atoms with Crippen LogP contribution in [0.4, 0.5) is 0 Å². The van der Waals surface area contributed by atoms with E-state index < -0.39 is 5.97 Å². The van der Waals surface area contributed by atoms with Gasteiger partial charge in [0, 0.05) is 6.54 Å². The summed E-state index contributed by atoms with van der Waals surface area (Å²) in [5, 5.41) is 9.90. The number of nitrogens with zero attached hydrogens (tertiary/aromatic N) is 2. The van der Waals surface area contributed by atoms with Gasteiger partial charge in [-0.1, -0.05) is 19.1 Å².